The highest BCUT2D eigenvalue weighted by Gasteiger charge is 2.30. The second-order valence-electron chi connectivity index (χ2n) is 4.45. The fourth-order valence-corrected chi connectivity index (χ4v) is 2.19. The van der Waals surface area contributed by atoms with Crippen molar-refractivity contribution < 1.29 is 5.11 Å². The smallest absolute Gasteiger partial charge is 0.116 e. The Morgan fingerprint density at radius 3 is 1.68 bits per heavy atom. The predicted octanol–water partition coefficient (Wildman–Crippen LogP) is 2.95. The molecule has 102 valence electrons. The van der Waals surface area contributed by atoms with Gasteiger partial charge in [0.05, 0.1) is 0 Å². The summed E-state index contributed by atoms with van der Waals surface area (Å²) in [6.07, 6.45) is 0.650. The molecule has 0 heterocycles. The number of nitrogens with one attached hydrogen (secondary N) is 1. The maximum atomic E-state index is 11.0. The van der Waals surface area contributed by atoms with Gasteiger partial charge in [0.25, 0.3) is 0 Å². The van der Waals surface area contributed by atoms with Crippen LogP contribution in [0, 0.1) is 0 Å². The monoisotopic (exact) mass is 277 g/mol. The van der Waals surface area contributed by atoms with Gasteiger partial charge >= 0.3 is 0 Å². The van der Waals surface area contributed by atoms with Crippen molar-refractivity contribution in [2.24, 2.45) is 0 Å². The van der Waals surface area contributed by atoms with Crippen LogP contribution in [0.2, 0.25) is 0 Å². The molecule has 0 radical (unpaired) electrons. The Kier molecular flexibility index (Phi) is 6.03. The van der Waals surface area contributed by atoms with E-state index in [-0.39, 0.29) is 12.4 Å². The van der Waals surface area contributed by atoms with Gasteiger partial charge in [0.2, 0.25) is 0 Å². The van der Waals surface area contributed by atoms with Crippen molar-refractivity contribution in [2.75, 3.05) is 13.6 Å². The van der Waals surface area contributed by atoms with Gasteiger partial charge in [0.1, 0.15) is 5.60 Å². The minimum atomic E-state index is -0.925. The molecule has 0 aromatic heterocycles. The molecule has 0 saturated heterocycles. The topological polar surface area (TPSA) is 32.3 Å². The number of halogens is 1. The predicted molar refractivity (Wildman–Crippen MR) is 81.7 cm³/mol. The average molecular weight is 278 g/mol. The van der Waals surface area contributed by atoms with Crippen molar-refractivity contribution in [1.82, 2.24) is 5.32 Å². The second kappa shape index (κ2) is 7.29. The third-order valence-corrected chi connectivity index (χ3v) is 3.24. The molecular weight excluding hydrogens is 258 g/mol. The Bertz CT molecular complexity index is 433. The summed E-state index contributed by atoms with van der Waals surface area (Å²) < 4.78 is 0. The molecule has 2 nitrogen and oxygen atoms in total. The molecule has 2 aromatic carbocycles. The standard InChI is InChI=1S/C16H19NO.ClH/c1-17-13-12-16(18,14-8-4-2-5-9-14)15-10-6-3-7-11-15;/h2-11,17-18H,12-13H2,1H3;1H. The molecule has 0 aliphatic carbocycles. The van der Waals surface area contributed by atoms with E-state index in [1.54, 1.807) is 0 Å². The molecule has 0 amide bonds. The number of rotatable bonds is 5. The van der Waals surface area contributed by atoms with Crippen LogP contribution in [0.15, 0.2) is 60.7 Å². The molecule has 3 heteroatoms. The highest BCUT2D eigenvalue weighted by atomic mass is 35.5. The van der Waals surface area contributed by atoms with Crippen molar-refractivity contribution in [2.45, 2.75) is 12.0 Å². The first-order valence-corrected chi connectivity index (χ1v) is 6.25. The number of hydrogen-bond acceptors (Lipinski definition) is 2. The lowest BCUT2D eigenvalue weighted by atomic mass is 9.83. The van der Waals surface area contributed by atoms with Crippen LogP contribution in [-0.2, 0) is 5.60 Å². The lowest BCUT2D eigenvalue weighted by Crippen LogP contribution is -2.31. The maximum Gasteiger partial charge on any atom is 0.116 e. The lowest BCUT2D eigenvalue weighted by Gasteiger charge is -2.29. The summed E-state index contributed by atoms with van der Waals surface area (Å²) in [4.78, 5) is 0. The Morgan fingerprint density at radius 2 is 1.32 bits per heavy atom. The van der Waals surface area contributed by atoms with E-state index in [0.29, 0.717) is 6.42 Å². The van der Waals surface area contributed by atoms with Gasteiger partial charge < -0.3 is 10.4 Å². The molecule has 0 unspecified atom stereocenters. The van der Waals surface area contributed by atoms with Gasteiger partial charge in [-0.05, 0) is 31.1 Å². The third kappa shape index (κ3) is 3.57. The van der Waals surface area contributed by atoms with Gasteiger partial charge in [-0.3, -0.25) is 0 Å². The molecule has 2 aromatic rings. The number of hydrogen-bond donors (Lipinski definition) is 2. The first kappa shape index (κ1) is 15.7. The molecule has 19 heavy (non-hydrogen) atoms. The van der Waals surface area contributed by atoms with Crippen molar-refractivity contribution >= 4 is 12.4 Å². The van der Waals surface area contributed by atoms with E-state index < -0.39 is 5.60 Å². The second-order valence-corrected chi connectivity index (χ2v) is 4.45. The maximum absolute atomic E-state index is 11.0. The van der Waals surface area contributed by atoms with Gasteiger partial charge in [0, 0.05) is 0 Å². The van der Waals surface area contributed by atoms with Gasteiger partial charge in [-0.15, -0.1) is 12.4 Å². The van der Waals surface area contributed by atoms with Crippen molar-refractivity contribution in [3.8, 4) is 0 Å². The minimum absolute atomic E-state index is 0. The van der Waals surface area contributed by atoms with Gasteiger partial charge in [0.15, 0.2) is 0 Å². The first-order valence-electron chi connectivity index (χ1n) is 6.25. The number of benzene rings is 2. The highest BCUT2D eigenvalue weighted by molar-refractivity contribution is 5.85. The Balaban J connectivity index is 0.00000180. The van der Waals surface area contributed by atoms with Crippen LogP contribution in [-0.4, -0.2) is 18.7 Å². The van der Waals surface area contributed by atoms with Crippen LogP contribution in [0.1, 0.15) is 17.5 Å². The van der Waals surface area contributed by atoms with Crippen LogP contribution in [0.5, 0.6) is 0 Å². The summed E-state index contributed by atoms with van der Waals surface area (Å²) in [5.74, 6) is 0. The normalized spacial score (nSPS) is 10.8. The van der Waals surface area contributed by atoms with Crippen molar-refractivity contribution in [3.63, 3.8) is 0 Å². The van der Waals surface area contributed by atoms with E-state index in [1.165, 1.54) is 0 Å². The van der Waals surface area contributed by atoms with E-state index >= 15 is 0 Å². The molecule has 0 bridgehead atoms. The Labute approximate surface area is 120 Å². The van der Waals surface area contributed by atoms with E-state index in [9.17, 15) is 5.11 Å². The highest BCUT2D eigenvalue weighted by Crippen LogP contribution is 2.32. The molecular formula is C16H20ClNO. The zero-order valence-corrected chi connectivity index (χ0v) is 11.9. The summed E-state index contributed by atoms with van der Waals surface area (Å²) in [5, 5.41) is 14.1. The van der Waals surface area contributed by atoms with Gasteiger partial charge in [-0.1, -0.05) is 60.7 Å². The Hall–Kier alpha value is -1.35. The van der Waals surface area contributed by atoms with Crippen LogP contribution in [0.4, 0.5) is 0 Å². The zero-order chi connectivity index (χ0) is 12.8. The van der Waals surface area contributed by atoms with E-state index in [0.717, 1.165) is 17.7 Å². The van der Waals surface area contributed by atoms with E-state index in [1.807, 2.05) is 67.7 Å². The number of aliphatic hydroxyl groups is 1. The third-order valence-electron chi connectivity index (χ3n) is 3.24. The fourth-order valence-electron chi connectivity index (χ4n) is 2.19. The fraction of sp³-hybridized carbons (Fsp3) is 0.250. The van der Waals surface area contributed by atoms with Gasteiger partial charge in [-0.25, -0.2) is 0 Å². The van der Waals surface area contributed by atoms with E-state index in [2.05, 4.69) is 5.32 Å². The first-order chi connectivity index (χ1) is 8.77. The lowest BCUT2D eigenvalue weighted by molar-refractivity contribution is 0.0717. The molecule has 0 saturated carbocycles. The average Bonchev–Trinajstić information content (AvgIpc) is 2.46. The molecule has 2 N–H and O–H groups in total. The summed E-state index contributed by atoms with van der Waals surface area (Å²) in [7, 11) is 1.90. The van der Waals surface area contributed by atoms with Crippen LogP contribution in [0.25, 0.3) is 0 Å². The molecule has 0 spiro atoms. The SMILES string of the molecule is CNCCC(O)(c1ccccc1)c1ccccc1.Cl. The zero-order valence-electron chi connectivity index (χ0n) is 11.0. The molecule has 2 rings (SSSR count). The van der Waals surface area contributed by atoms with Crippen LogP contribution >= 0.6 is 12.4 Å². The van der Waals surface area contributed by atoms with Gasteiger partial charge in [-0.2, -0.15) is 0 Å². The summed E-state index contributed by atoms with van der Waals surface area (Å²) in [6.45, 7) is 0.764. The summed E-state index contributed by atoms with van der Waals surface area (Å²) in [5.41, 5.74) is 0.948. The largest absolute Gasteiger partial charge is 0.380 e. The Morgan fingerprint density at radius 1 is 0.895 bits per heavy atom. The molecule has 0 fully saturated rings. The molecule has 0 aliphatic rings. The summed E-state index contributed by atoms with van der Waals surface area (Å²) >= 11 is 0. The van der Waals surface area contributed by atoms with Crippen LogP contribution < -0.4 is 5.32 Å². The van der Waals surface area contributed by atoms with Crippen LogP contribution in [0.3, 0.4) is 0 Å². The van der Waals surface area contributed by atoms with Crippen molar-refractivity contribution in [3.05, 3.63) is 71.8 Å². The minimum Gasteiger partial charge on any atom is -0.380 e. The molecule has 0 atom stereocenters. The molecule has 0 aliphatic heterocycles. The summed E-state index contributed by atoms with van der Waals surface area (Å²) in [6, 6.07) is 19.7. The van der Waals surface area contributed by atoms with Crippen molar-refractivity contribution in [1.29, 1.82) is 0 Å². The van der Waals surface area contributed by atoms with E-state index in [4.69, 9.17) is 0 Å². The quantitative estimate of drug-likeness (QED) is 0.881.